The normalized spacial score (nSPS) is 48.6. The number of ether oxygens (including phenoxy) is 11. The molecule has 30 atom stereocenters. The van der Waals surface area contributed by atoms with Gasteiger partial charge in [0.1, 0.15) is 140 Å². The quantitative estimate of drug-likeness (QED) is 0.0606. The number of carbonyl (C=O) groups excluding carboxylic acids is 3. The second-order valence-electron chi connectivity index (χ2n) is 19.0. The molecule has 6 aliphatic heterocycles. The first kappa shape index (κ1) is 61.5. The van der Waals surface area contributed by atoms with Gasteiger partial charge in [0, 0.05) is 20.8 Å². The average Bonchev–Trinajstić information content (AvgIpc) is 3.36. The van der Waals surface area contributed by atoms with Gasteiger partial charge in [-0.25, -0.2) is 0 Å². The highest BCUT2D eigenvalue weighted by molar-refractivity contribution is 5.74. The Morgan fingerprint density at radius 1 is 0.373 bits per heavy atom. The smallest absolute Gasteiger partial charge is 0.217 e. The lowest BCUT2D eigenvalue weighted by atomic mass is 9.93. The molecule has 6 rings (SSSR count). The van der Waals surface area contributed by atoms with E-state index in [1.165, 1.54) is 6.92 Å². The second-order valence-corrected chi connectivity index (χ2v) is 19.0. The van der Waals surface area contributed by atoms with E-state index in [-0.39, 0.29) is 0 Å². The summed E-state index contributed by atoms with van der Waals surface area (Å²) in [5.74, 6) is -2.34. The molecule has 0 aromatic carbocycles. The number of amides is 3. The molecule has 6 fully saturated rings. The van der Waals surface area contributed by atoms with Crippen LogP contribution in [0, 0.1) is 0 Å². The van der Waals surface area contributed by atoms with Crippen molar-refractivity contribution in [2.45, 2.75) is 212 Å². The van der Waals surface area contributed by atoms with Crippen molar-refractivity contribution in [2.24, 2.45) is 0 Å². The first-order valence-corrected chi connectivity index (χ1v) is 23.9. The fourth-order valence-electron chi connectivity index (χ4n) is 9.54. The van der Waals surface area contributed by atoms with E-state index >= 15 is 0 Å². The summed E-state index contributed by atoms with van der Waals surface area (Å²) in [7, 11) is 0. The van der Waals surface area contributed by atoms with E-state index in [1.807, 2.05) is 0 Å². The monoisotopic (exact) mass is 1100 g/mol. The molecule has 0 aromatic heterocycles. The Hall–Kier alpha value is -2.67. The summed E-state index contributed by atoms with van der Waals surface area (Å²) in [4.78, 5) is 37.1. The first-order valence-electron chi connectivity index (χ1n) is 23.9. The molecular weight excluding hydrogens is 1030 g/mol. The van der Waals surface area contributed by atoms with Gasteiger partial charge in [-0.2, -0.15) is 0 Å². The molecule has 0 radical (unpaired) electrons. The van der Waals surface area contributed by atoms with Crippen molar-refractivity contribution in [3.63, 3.8) is 0 Å². The highest BCUT2D eigenvalue weighted by Gasteiger charge is 2.57. The molecule has 0 spiro atoms. The third-order valence-electron chi connectivity index (χ3n) is 13.6. The summed E-state index contributed by atoms with van der Waals surface area (Å²) in [5.41, 5.74) is 0. The van der Waals surface area contributed by atoms with E-state index in [9.17, 15) is 96.1 Å². The Balaban J connectivity index is 1.22. The molecular formula is C42H71N3O30. The number of aliphatic hydroxyl groups excluding tert-OH is 16. The minimum atomic E-state index is -2.16. The van der Waals surface area contributed by atoms with Crippen LogP contribution in [0.2, 0.25) is 0 Å². The Bertz CT molecular complexity index is 1850. The van der Waals surface area contributed by atoms with E-state index < -0.39 is 235 Å². The minimum Gasteiger partial charge on any atom is -0.394 e. The highest BCUT2D eigenvalue weighted by atomic mass is 16.8. The van der Waals surface area contributed by atoms with E-state index in [0.29, 0.717) is 0 Å². The van der Waals surface area contributed by atoms with Gasteiger partial charge in [0.25, 0.3) is 0 Å². The standard InChI is InChI=1S/C42H71N3O30/c1-10-22(53)28(59)31(62)40(66-10)74-35-21(45-13(4)52)37(64)67-17(8-49)34(35)73-39-20(44-12(3)51)27(58)33(16(7-48)70-39)72-41-32(63)29(60)25(56)18(71-41)9-65-42-36(30(61)24(55)15(6-47)69-42)75-38-19(43-11(2)50)26(57)23(54)14(5-46)68-38/h10,14-42,46-49,53-64H,5-9H2,1-4H3,(H,43,50)(H,44,51)(H,45,52)/t10-,14+,15+,16+,17+,18+,19+,20+,21+,22+,23+,24+,25+,26+,27+,28+,29-,30-,31-,32-,33+,34+,35+,36-,37?,38-,39-,40-,41-,42-/m0/s1. The van der Waals surface area contributed by atoms with Crippen molar-refractivity contribution in [1.82, 2.24) is 16.0 Å². The number of nitrogens with one attached hydrogen (secondary N) is 3. The molecule has 75 heavy (non-hydrogen) atoms. The summed E-state index contributed by atoms with van der Waals surface area (Å²) in [5, 5.41) is 179. The van der Waals surface area contributed by atoms with Crippen LogP contribution in [0.5, 0.6) is 0 Å². The molecule has 6 aliphatic rings. The van der Waals surface area contributed by atoms with E-state index in [1.54, 1.807) is 0 Å². The van der Waals surface area contributed by atoms with Gasteiger partial charge in [0.05, 0.1) is 39.1 Å². The van der Waals surface area contributed by atoms with Gasteiger partial charge in [-0.05, 0) is 6.92 Å². The van der Waals surface area contributed by atoms with Crippen molar-refractivity contribution in [3.8, 4) is 0 Å². The molecule has 0 aromatic rings. The van der Waals surface area contributed by atoms with Gasteiger partial charge < -0.3 is 150 Å². The zero-order chi connectivity index (χ0) is 55.5. The summed E-state index contributed by atoms with van der Waals surface area (Å²) in [6.45, 7) is -0.191. The number of carbonyl (C=O) groups is 3. The SMILES string of the molecule is CC(=O)N[C@H]1[C@H](O[C@H]2[C@H](O[C@@H]3O[C@@H](C)[C@@H](O)[C@@H](O)[C@@H]3O)[C@@H](NC(C)=O)C(O)O[C@@H]2CO)O[C@H](CO)[C@@H](O[C@@H]2O[C@H](CO[C@H]3O[C@H](CO)[C@@H](O)[C@H](O)[C@@H]3O[C@@H]3O[C@H](CO)[C@@H](O)[C@H](O)[C@H]3NC(C)=O)[C@@H](O)[C@H](O)[C@@H]2O)[C@@H]1O. The van der Waals surface area contributed by atoms with Crippen molar-refractivity contribution in [3.05, 3.63) is 0 Å². The topological polar surface area (TPSA) is 513 Å². The molecule has 6 heterocycles. The summed E-state index contributed by atoms with van der Waals surface area (Å²) in [6.07, 6.45) is -49.2. The molecule has 434 valence electrons. The Kier molecular flexibility index (Phi) is 21.8. The van der Waals surface area contributed by atoms with Crippen LogP contribution in [0.3, 0.4) is 0 Å². The maximum absolute atomic E-state index is 12.7. The third kappa shape index (κ3) is 13.7. The fourth-order valence-corrected chi connectivity index (χ4v) is 9.54. The van der Waals surface area contributed by atoms with Crippen LogP contribution in [0.1, 0.15) is 27.7 Å². The van der Waals surface area contributed by atoms with Crippen LogP contribution in [0.25, 0.3) is 0 Å². The summed E-state index contributed by atoms with van der Waals surface area (Å²) < 4.78 is 64.0. The zero-order valence-electron chi connectivity index (χ0n) is 40.7. The van der Waals surface area contributed by atoms with Gasteiger partial charge in [-0.3, -0.25) is 14.4 Å². The first-order chi connectivity index (χ1) is 35.4. The van der Waals surface area contributed by atoms with Crippen LogP contribution in [0.15, 0.2) is 0 Å². The number of aliphatic hydroxyl groups is 16. The maximum atomic E-state index is 12.7. The van der Waals surface area contributed by atoms with Crippen LogP contribution in [-0.2, 0) is 66.5 Å². The molecule has 3 amide bonds. The molecule has 0 saturated carbocycles. The van der Waals surface area contributed by atoms with Crippen LogP contribution < -0.4 is 16.0 Å². The Morgan fingerprint density at radius 3 is 1.32 bits per heavy atom. The Labute approximate surface area is 426 Å². The zero-order valence-corrected chi connectivity index (χ0v) is 40.7. The molecule has 6 saturated heterocycles. The second kappa shape index (κ2) is 26.5. The van der Waals surface area contributed by atoms with E-state index in [0.717, 1.165) is 20.8 Å². The molecule has 33 heteroatoms. The third-order valence-corrected chi connectivity index (χ3v) is 13.6. The van der Waals surface area contributed by atoms with E-state index in [4.69, 9.17) is 52.1 Å². The maximum Gasteiger partial charge on any atom is 0.217 e. The molecule has 0 aliphatic carbocycles. The van der Waals surface area contributed by atoms with Crippen LogP contribution in [0.4, 0.5) is 0 Å². The van der Waals surface area contributed by atoms with Gasteiger partial charge in [0.15, 0.2) is 37.7 Å². The van der Waals surface area contributed by atoms with Crippen molar-refractivity contribution >= 4 is 17.7 Å². The van der Waals surface area contributed by atoms with Gasteiger partial charge in [0.2, 0.25) is 17.7 Å². The lowest BCUT2D eigenvalue weighted by molar-refractivity contribution is -0.378. The van der Waals surface area contributed by atoms with Crippen LogP contribution >= 0.6 is 0 Å². The van der Waals surface area contributed by atoms with Gasteiger partial charge >= 0.3 is 0 Å². The van der Waals surface area contributed by atoms with Gasteiger partial charge in [-0.1, -0.05) is 0 Å². The fraction of sp³-hybridized carbons (Fsp3) is 0.929. The molecule has 19 N–H and O–H groups in total. The lowest BCUT2D eigenvalue weighted by Crippen LogP contribution is -2.71. The predicted molar refractivity (Wildman–Crippen MR) is 233 cm³/mol. The van der Waals surface area contributed by atoms with E-state index in [2.05, 4.69) is 16.0 Å². The predicted octanol–water partition coefficient (Wildman–Crippen LogP) is -12.6. The van der Waals surface area contributed by atoms with Crippen molar-refractivity contribution in [1.29, 1.82) is 0 Å². The summed E-state index contributed by atoms with van der Waals surface area (Å²) in [6, 6.07) is -4.94. The Morgan fingerprint density at radius 2 is 0.773 bits per heavy atom. The lowest BCUT2D eigenvalue weighted by Gasteiger charge is -2.51. The summed E-state index contributed by atoms with van der Waals surface area (Å²) >= 11 is 0. The average molecular weight is 1100 g/mol. The largest absolute Gasteiger partial charge is 0.394 e. The number of hydrogen-bond donors (Lipinski definition) is 19. The molecule has 0 bridgehead atoms. The number of hydrogen-bond acceptors (Lipinski definition) is 30. The highest BCUT2D eigenvalue weighted by Crippen LogP contribution is 2.36. The van der Waals surface area contributed by atoms with Crippen LogP contribution in [-0.4, -0.2) is 317 Å². The molecule has 33 nitrogen and oxygen atoms in total. The molecule has 1 unspecified atom stereocenters. The number of rotatable bonds is 18. The van der Waals surface area contributed by atoms with Gasteiger partial charge in [-0.15, -0.1) is 0 Å². The van der Waals surface area contributed by atoms with Crippen molar-refractivity contribution < 1.29 is 148 Å². The minimum absolute atomic E-state index is 0.741. The van der Waals surface area contributed by atoms with Crippen molar-refractivity contribution in [2.75, 3.05) is 33.0 Å².